The van der Waals surface area contributed by atoms with Crippen molar-refractivity contribution < 1.29 is 0 Å². The molecule has 0 aliphatic carbocycles. The smallest absolute Gasteiger partial charge is 0.00497 e. The van der Waals surface area contributed by atoms with Gasteiger partial charge in [0, 0.05) is 10.5 Å². The average Bonchev–Trinajstić information content (AvgIpc) is 2.66. The van der Waals surface area contributed by atoms with E-state index in [2.05, 4.69) is 39.5 Å². The highest BCUT2D eigenvalue weighted by molar-refractivity contribution is 8.00. The minimum Gasteiger partial charge on any atom is -0.155 e. The molecule has 164 valence electrons. The van der Waals surface area contributed by atoms with Crippen molar-refractivity contribution in [2.24, 2.45) is 0 Å². The van der Waals surface area contributed by atoms with Gasteiger partial charge in [0.2, 0.25) is 0 Å². The minimum atomic E-state index is 0.937. The highest BCUT2D eigenvalue weighted by atomic mass is 32.2. The third-order valence-electron chi connectivity index (χ3n) is 5.87. The summed E-state index contributed by atoms with van der Waals surface area (Å²) in [7, 11) is 0. The van der Waals surface area contributed by atoms with Crippen LogP contribution in [0.5, 0.6) is 0 Å². The molecule has 0 spiro atoms. The Labute approximate surface area is 178 Å². The molecule has 0 nitrogen and oxygen atoms in total. The summed E-state index contributed by atoms with van der Waals surface area (Å²) >= 11 is 2.38. The number of hydrogen-bond acceptors (Lipinski definition) is 1. The Balaban J connectivity index is 3.95. The van der Waals surface area contributed by atoms with Gasteiger partial charge in [-0.3, -0.25) is 0 Å². The zero-order valence-corrected chi connectivity index (χ0v) is 20.5. The van der Waals surface area contributed by atoms with E-state index in [0.717, 1.165) is 10.5 Å². The van der Waals surface area contributed by atoms with E-state index < -0.39 is 0 Å². The quantitative estimate of drug-likeness (QED) is 0.163. The van der Waals surface area contributed by atoms with Gasteiger partial charge < -0.3 is 0 Å². The summed E-state index contributed by atoms with van der Waals surface area (Å²) in [6.07, 6.45) is 28.9. The second kappa shape index (κ2) is 22.6. The Hall–Kier alpha value is 0.350. The van der Waals surface area contributed by atoms with Gasteiger partial charge in [-0.2, -0.15) is 11.8 Å². The highest BCUT2D eigenvalue weighted by Gasteiger charge is 2.16. The first-order valence-corrected chi connectivity index (χ1v) is 13.9. The fourth-order valence-electron chi connectivity index (χ4n) is 4.14. The van der Waals surface area contributed by atoms with Crippen molar-refractivity contribution in [2.75, 3.05) is 0 Å². The molecule has 0 heterocycles. The van der Waals surface area contributed by atoms with Gasteiger partial charge in [-0.15, -0.1) is 0 Å². The molecule has 2 atom stereocenters. The van der Waals surface area contributed by atoms with Crippen LogP contribution in [-0.4, -0.2) is 10.5 Å². The summed E-state index contributed by atoms with van der Waals surface area (Å²) in [6, 6.07) is 0. The Kier molecular flexibility index (Phi) is 22.9. The predicted molar refractivity (Wildman–Crippen MR) is 130 cm³/mol. The molecule has 27 heavy (non-hydrogen) atoms. The summed E-state index contributed by atoms with van der Waals surface area (Å²) < 4.78 is 0. The summed E-state index contributed by atoms with van der Waals surface area (Å²) in [5.74, 6) is 0. The zero-order chi connectivity index (χ0) is 20.0. The lowest BCUT2D eigenvalue weighted by Gasteiger charge is -2.23. The topological polar surface area (TPSA) is 0 Å². The Morgan fingerprint density at radius 2 is 0.704 bits per heavy atom. The Bertz CT molecular complexity index is 237. The van der Waals surface area contributed by atoms with Crippen LogP contribution in [-0.2, 0) is 0 Å². The molecule has 0 saturated heterocycles. The van der Waals surface area contributed by atoms with E-state index in [0.29, 0.717) is 0 Å². The van der Waals surface area contributed by atoms with Crippen LogP contribution in [0.1, 0.15) is 156 Å². The molecule has 0 aromatic heterocycles. The molecular weight excluding hydrogens is 344 g/mol. The van der Waals surface area contributed by atoms with Gasteiger partial charge in [-0.05, 0) is 25.7 Å². The number of thioether (sulfide) groups is 1. The molecule has 0 aliphatic heterocycles. The van der Waals surface area contributed by atoms with Crippen LogP contribution in [0.3, 0.4) is 0 Å². The van der Waals surface area contributed by atoms with Crippen molar-refractivity contribution in [2.45, 2.75) is 167 Å². The fraction of sp³-hybridized carbons (Fsp3) is 1.00. The molecule has 0 rings (SSSR count). The van der Waals surface area contributed by atoms with E-state index in [-0.39, 0.29) is 0 Å². The Morgan fingerprint density at radius 1 is 0.370 bits per heavy atom. The molecule has 0 N–H and O–H groups in total. The van der Waals surface area contributed by atoms with Crippen LogP contribution in [0.2, 0.25) is 0 Å². The molecule has 0 saturated carbocycles. The molecular formula is C26H54S. The SMILES string of the molecule is CCCCCCCCCC(CCC)SC(CCC)CCCCCCCCC. The lowest BCUT2D eigenvalue weighted by molar-refractivity contribution is 0.549. The van der Waals surface area contributed by atoms with Crippen LogP contribution in [0, 0.1) is 0 Å². The zero-order valence-electron chi connectivity index (χ0n) is 19.7. The van der Waals surface area contributed by atoms with E-state index in [1.807, 2.05) is 0 Å². The molecule has 0 bridgehead atoms. The Morgan fingerprint density at radius 3 is 1.04 bits per heavy atom. The first-order valence-electron chi connectivity index (χ1n) is 12.9. The average molecular weight is 399 g/mol. The number of rotatable bonds is 22. The first kappa shape index (κ1) is 27.4. The van der Waals surface area contributed by atoms with E-state index in [1.165, 1.54) is 128 Å². The summed E-state index contributed by atoms with van der Waals surface area (Å²) in [5.41, 5.74) is 0. The van der Waals surface area contributed by atoms with Gasteiger partial charge in [0.05, 0.1) is 0 Å². The van der Waals surface area contributed by atoms with Crippen LogP contribution in [0.4, 0.5) is 0 Å². The number of unbranched alkanes of at least 4 members (excludes halogenated alkanes) is 12. The van der Waals surface area contributed by atoms with E-state index in [4.69, 9.17) is 0 Å². The second-order valence-electron chi connectivity index (χ2n) is 8.78. The van der Waals surface area contributed by atoms with Crippen LogP contribution in [0.25, 0.3) is 0 Å². The predicted octanol–water partition coefficient (Wildman–Crippen LogP) is 10.3. The molecule has 0 radical (unpaired) electrons. The van der Waals surface area contributed by atoms with Crippen molar-refractivity contribution in [1.82, 2.24) is 0 Å². The summed E-state index contributed by atoms with van der Waals surface area (Å²) in [5, 5.41) is 1.87. The van der Waals surface area contributed by atoms with Gasteiger partial charge in [0.25, 0.3) is 0 Å². The third kappa shape index (κ3) is 19.4. The van der Waals surface area contributed by atoms with Gasteiger partial charge in [-0.1, -0.05) is 130 Å². The van der Waals surface area contributed by atoms with Gasteiger partial charge in [0.1, 0.15) is 0 Å². The fourth-order valence-corrected chi connectivity index (χ4v) is 6.03. The van der Waals surface area contributed by atoms with Gasteiger partial charge >= 0.3 is 0 Å². The maximum absolute atomic E-state index is 2.38. The van der Waals surface area contributed by atoms with Crippen molar-refractivity contribution in [3.8, 4) is 0 Å². The van der Waals surface area contributed by atoms with Crippen molar-refractivity contribution in [1.29, 1.82) is 0 Å². The molecule has 0 aliphatic rings. The van der Waals surface area contributed by atoms with Gasteiger partial charge in [0.15, 0.2) is 0 Å². The molecule has 0 aromatic carbocycles. The minimum absolute atomic E-state index is 0.937. The molecule has 0 aromatic rings. The maximum atomic E-state index is 2.38. The largest absolute Gasteiger partial charge is 0.155 e. The summed E-state index contributed by atoms with van der Waals surface area (Å²) in [6.45, 7) is 9.38. The van der Waals surface area contributed by atoms with Gasteiger partial charge in [-0.25, -0.2) is 0 Å². The van der Waals surface area contributed by atoms with Crippen LogP contribution in [0.15, 0.2) is 0 Å². The van der Waals surface area contributed by atoms with Crippen molar-refractivity contribution in [3.63, 3.8) is 0 Å². The molecule has 1 heteroatoms. The van der Waals surface area contributed by atoms with E-state index in [1.54, 1.807) is 0 Å². The molecule has 0 amide bonds. The number of hydrogen-bond donors (Lipinski definition) is 0. The van der Waals surface area contributed by atoms with Crippen LogP contribution < -0.4 is 0 Å². The van der Waals surface area contributed by atoms with E-state index >= 15 is 0 Å². The van der Waals surface area contributed by atoms with Crippen molar-refractivity contribution in [3.05, 3.63) is 0 Å². The monoisotopic (exact) mass is 398 g/mol. The molecule has 2 unspecified atom stereocenters. The second-order valence-corrected chi connectivity index (χ2v) is 10.4. The van der Waals surface area contributed by atoms with Crippen molar-refractivity contribution >= 4 is 11.8 Å². The maximum Gasteiger partial charge on any atom is 0.00497 e. The lowest BCUT2D eigenvalue weighted by atomic mass is 10.1. The van der Waals surface area contributed by atoms with E-state index in [9.17, 15) is 0 Å². The lowest BCUT2D eigenvalue weighted by Crippen LogP contribution is -2.12. The molecule has 0 fully saturated rings. The normalized spacial score (nSPS) is 13.8. The first-order chi connectivity index (χ1) is 13.3. The standard InChI is InChI=1S/C26H54S/c1-5-9-11-13-15-17-19-23-25(21-7-3)27-26(22-8-4)24-20-18-16-14-12-10-6-2/h25-26H,5-24H2,1-4H3. The van der Waals surface area contributed by atoms with Crippen LogP contribution >= 0.6 is 11.8 Å². The highest BCUT2D eigenvalue weighted by Crippen LogP contribution is 2.32. The summed E-state index contributed by atoms with van der Waals surface area (Å²) in [4.78, 5) is 0. The third-order valence-corrected chi connectivity index (χ3v) is 7.58.